The highest BCUT2D eigenvalue weighted by atomic mass is 35.5. The van der Waals surface area contributed by atoms with Crippen molar-refractivity contribution in [2.45, 2.75) is 95.9 Å². The van der Waals surface area contributed by atoms with E-state index in [-0.39, 0.29) is 25.0 Å². The number of benzene rings is 1. The van der Waals surface area contributed by atoms with Crippen LogP contribution in [0.15, 0.2) is 36.4 Å². The van der Waals surface area contributed by atoms with Crippen molar-refractivity contribution in [3.05, 3.63) is 42.0 Å². The van der Waals surface area contributed by atoms with E-state index in [1.165, 1.54) is 14.0 Å². The molecule has 4 aliphatic carbocycles. The van der Waals surface area contributed by atoms with Crippen LogP contribution in [0.4, 0.5) is 5.69 Å². The Kier molecular flexibility index (Phi) is 11.7. The summed E-state index contributed by atoms with van der Waals surface area (Å²) >= 11 is 11.9. The van der Waals surface area contributed by atoms with Crippen molar-refractivity contribution in [1.29, 1.82) is 0 Å². The van der Waals surface area contributed by atoms with E-state index in [0.29, 0.717) is 50.5 Å². The maximum absolute atomic E-state index is 14.5. The number of ether oxygens (including phenoxy) is 4. The SMILES string of the molecule is C=C1C(=O)[C@]23[C@H](OC(=O)CCC(=O)N[C@@H](Cc4ccc(N(CCCl)CCCl)cc4)C(=O)OC)[C@H]1CC[C@H]2[C@@]12CO[C@@]3(O)[C@@H](O)[C@@H]1C(C)(C)CC[C@@H]2OC(C)=O. The van der Waals surface area contributed by atoms with Gasteiger partial charge in [-0.3, -0.25) is 19.2 Å². The van der Waals surface area contributed by atoms with Crippen LogP contribution in [0.25, 0.3) is 0 Å². The second-order valence-corrected chi connectivity index (χ2v) is 17.2. The standard InChI is InChI=1S/C40H52Cl2N2O11/c1-22-26-10-11-28-38-21-53-40(51,34(49)32(38)37(3,4)15-14-29(38)54-23(2)45)39(28,33(22)48)35(26)55-31(47)13-12-30(46)43-27(36(50)52-5)20-24-6-8-25(9-7-24)44(18-16-41)19-17-42/h6-9,26-29,32,34-35,49,51H,1,10-21H2,2-5H3,(H,43,46)/t26-,27-,28-,29-,32+,34-,35+,38+,39-,40-/m0/s1. The molecule has 2 saturated heterocycles. The van der Waals surface area contributed by atoms with E-state index < -0.39 is 100 Å². The Morgan fingerprint density at radius 2 is 1.73 bits per heavy atom. The minimum Gasteiger partial charge on any atom is -0.467 e. The van der Waals surface area contributed by atoms with E-state index in [1.54, 1.807) is 0 Å². The summed E-state index contributed by atoms with van der Waals surface area (Å²) in [6.45, 7) is 10.5. The number of hydrogen-bond acceptors (Lipinski definition) is 12. The third-order valence-electron chi connectivity index (χ3n) is 13.2. The summed E-state index contributed by atoms with van der Waals surface area (Å²) in [5.74, 6) is -6.65. The van der Waals surface area contributed by atoms with Crippen molar-refractivity contribution < 1.29 is 53.1 Å². The molecule has 4 saturated carbocycles. The first-order valence-corrected chi connectivity index (χ1v) is 20.1. The number of esters is 3. The van der Waals surface area contributed by atoms with Gasteiger partial charge in [0.2, 0.25) is 11.7 Å². The zero-order valence-corrected chi connectivity index (χ0v) is 33.3. The lowest BCUT2D eigenvalue weighted by molar-refractivity contribution is -0.458. The van der Waals surface area contributed by atoms with Gasteiger partial charge in [0.1, 0.15) is 29.8 Å². The van der Waals surface area contributed by atoms with Crippen molar-refractivity contribution in [3.63, 3.8) is 0 Å². The molecular formula is C40H52Cl2N2O11. The molecule has 6 fully saturated rings. The van der Waals surface area contributed by atoms with Gasteiger partial charge in [-0.25, -0.2) is 4.79 Å². The van der Waals surface area contributed by atoms with Gasteiger partial charge in [-0.2, -0.15) is 0 Å². The molecule has 3 N–H and O–H groups in total. The molecule has 13 nitrogen and oxygen atoms in total. The summed E-state index contributed by atoms with van der Waals surface area (Å²) in [4.78, 5) is 68.5. The number of nitrogens with zero attached hydrogens (tertiary/aromatic N) is 1. The number of ketones is 1. The maximum atomic E-state index is 14.5. The summed E-state index contributed by atoms with van der Waals surface area (Å²) in [6.07, 6.45) is -2.29. The van der Waals surface area contributed by atoms with Crippen LogP contribution in [0.3, 0.4) is 0 Å². The number of Topliss-reactive ketones (excluding diaryl/α,β-unsaturated/α-hetero) is 1. The summed E-state index contributed by atoms with van der Waals surface area (Å²) < 4.78 is 23.2. The summed E-state index contributed by atoms with van der Waals surface area (Å²) in [5, 5.41) is 27.3. The van der Waals surface area contributed by atoms with E-state index in [2.05, 4.69) is 11.9 Å². The monoisotopic (exact) mass is 806 g/mol. The molecular weight excluding hydrogens is 755 g/mol. The van der Waals surface area contributed by atoms with Gasteiger partial charge in [0.25, 0.3) is 0 Å². The third-order valence-corrected chi connectivity index (χ3v) is 13.5. The lowest BCUT2D eigenvalue weighted by atomic mass is 9.35. The average molecular weight is 808 g/mol. The molecule has 2 spiro atoms. The predicted octanol–water partition coefficient (Wildman–Crippen LogP) is 3.46. The van der Waals surface area contributed by atoms with Crippen molar-refractivity contribution >= 4 is 58.5 Å². The Hall–Kier alpha value is -3.23. The first-order chi connectivity index (χ1) is 26.0. The molecule has 1 aromatic rings. The van der Waals surface area contributed by atoms with E-state index in [1.807, 2.05) is 43.0 Å². The molecule has 1 aromatic carbocycles. The Bertz CT molecular complexity index is 1700. The van der Waals surface area contributed by atoms with E-state index >= 15 is 0 Å². The maximum Gasteiger partial charge on any atom is 0.328 e. The van der Waals surface area contributed by atoms with Crippen molar-refractivity contribution in [3.8, 4) is 0 Å². The van der Waals surface area contributed by atoms with Crippen LogP contribution in [0, 0.1) is 34.0 Å². The van der Waals surface area contributed by atoms with Crippen LogP contribution < -0.4 is 10.2 Å². The van der Waals surface area contributed by atoms with Gasteiger partial charge in [0, 0.05) is 67.6 Å². The number of alkyl halides is 2. The third kappa shape index (κ3) is 6.65. The molecule has 10 atom stereocenters. The number of anilines is 1. The van der Waals surface area contributed by atoms with Crippen LogP contribution in [-0.2, 0) is 49.3 Å². The Morgan fingerprint density at radius 1 is 1.05 bits per heavy atom. The van der Waals surface area contributed by atoms with Crippen molar-refractivity contribution in [2.75, 3.05) is 43.5 Å². The number of aliphatic hydroxyl groups excluding tert-OH is 1. The molecule has 0 unspecified atom stereocenters. The first-order valence-electron chi connectivity index (χ1n) is 19.0. The number of nitrogens with one attached hydrogen (secondary N) is 1. The lowest BCUT2D eigenvalue weighted by Crippen LogP contribution is -2.86. The smallest absolute Gasteiger partial charge is 0.328 e. The number of methoxy groups -OCH3 is 1. The Balaban J connectivity index is 1.19. The lowest BCUT2D eigenvalue weighted by Gasteiger charge is -2.74. The van der Waals surface area contributed by atoms with Gasteiger partial charge in [-0.05, 0) is 60.3 Å². The molecule has 7 rings (SSSR count). The van der Waals surface area contributed by atoms with E-state index in [9.17, 15) is 34.2 Å². The fourth-order valence-electron chi connectivity index (χ4n) is 11.1. The topological polar surface area (TPSA) is 178 Å². The number of carbonyl (C=O) groups excluding carboxylic acids is 5. The van der Waals surface area contributed by atoms with Gasteiger partial charge >= 0.3 is 17.9 Å². The van der Waals surface area contributed by atoms with E-state index in [4.69, 9.17) is 42.1 Å². The van der Waals surface area contributed by atoms with Gasteiger partial charge < -0.3 is 39.4 Å². The largest absolute Gasteiger partial charge is 0.467 e. The number of rotatable bonds is 14. The minimum atomic E-state index is -2.42. The highest BCUT2D eigenvalue weighted by molar-refractivity contribution is 6.18. The van der Waals surface area contributed by atoms with Crippen LogP contribution in [0.2, 0.25) is 0 Å². The van der Waals surface area contributed by atoms with Gasteiger partial charge in [-0.15, -0.1) is 23.2 Å². The Morgan fingerprint density at radius 3 is 2.35 bits per heavy atom. The quantitative estimate of drug-likeness (QED) is 0.108. The Labute approximate surface area is 331 Å². The molecule has 0 aromatic heterocycles. The number of hydrogen-bond donors (Lipinski definition) is 3. The molecule has 15 heteroatoms. The highest BCUT2D eigenvalue weighted by Crippen LogP contribution is 2.77. The first kappa shape index (κ1) is 41.4. The fraction of sp³-hybridized carbons (Fsp3) is 0.675. The normalized spacial score (nSPS) is 34.5. The van der Waals surface area contributed by atoms with Crippen LogP contribution in [0.5, 0.6) is 0 Å². The fourth-order valence-corrected chi connectivity index (χ4v) is 11.5. The summed E-state index contributed by atoms with van der Waals surface area (Å²) in [5.41, 5.74) is -1.67. The van der Waals surface area contributed by atoms with Crippen LogP contribution >= 0.6 is 23.2 Å². The highest BCUT2D eigenvalue weighted by Gasteiger charge is 2.88. The molecule has 4 bridgehead atoms. The second-order valence-electron chi connectivity index (χ2n) is 16.4. The molecule has 1 amide bonds. The van der Waals surface area contributed by atoms with Crippen LogP contribution in [-0.4, -0.2) is 109 Å². The van der Waals surface area contributed by atoms with Gasteiger partial charge in [0.05, 0.1) is 20.1 Å². The molecule has 2 aliphatic heterocycles. The molecule has 6 aliphatic rings. The van der Waals surface area contributed by atoms with Gasteiger partial charge in [-0.1, -0.05) is 32.6 Å². The number of aliphatic hydroxyl groups is 2. The predicted molar refractivity (Wildman–Crippen MR) is 201 cm³/mol. The molecule has 0 radical (unpaired) electrons. The molecule has 2 heterocycles. The average Bonchev–Trinajstić information content (AvgIpc) is 3.25. The van der Waals surface area contributed by atoms with Gasteiger partial charge in [0.15, 0.2) is 5.78 Å². The van der Waals surface area contributed by atoms with Crippen molar-refractivity contribution in [2.24, 2.45) is 34.0 Å². The number of fused-ring (bicyclic) bond motifs is 2. The minimum absolute atomic E-state index is 0.0592. The second kappa shape index (κ2) is 15.6. The number of halogens is 2. The molecule has 302 valence electrons. The number of carbonyl (C=O) groups is 5. The van der Waals surface area contributed by atoms with E-state index in [0.717, 1.165) is 11.3 Å². The summed E-state index contributed by atoms with van der Waals surface area (Å²) in [6, 6.07) is 6.39. The van der Waals surface area contributed by atoms with Crippen molar-refractivity contribution in [1.82, 2.24) is 5.32 Å². The molecule has 55 heavy (non-hydrogen) atoms. The number of amides is 1. The van der Waals surface area contributed by atoms with Crippen LogP contribution in [0.1, 0.15) is 64.9 Å². The summed E-state index contributed by atoms with van der Waals surface area (Å²) in [7, 11) is 1.22. The zero-order valence-electron chi connectivity index (χ0n) is 31.8. The zero-order chi connectivity index (χ0) is 40.1.